The molecule has 0 spiro atoms. The Morgan fingerprint density at radius 3 is 2.53 bits per heavy atom. The summed E-state index contributed by atoms with van der Waals surface area (Å²) in [6, 6.07) is -0.522. The normalized spacial score (nSPS) is 22.1. The van der Waals surface area contributed by atoms with Gasteiger partial charge in [-0.1, -0.05) is 20.3 Å². The van der Waals surface area contributed by atoms with Gasteiger partial charge in [-0.2, -0.15) is 0 Å². The minimum absolute atomic E-state index is 0. The van der Waals surface area contributed by atoms with E-state index in [0.29, 0.717) is 0 Å². The molecular weight excluding hydrogens is 205 g/mol. The van der Waals surface area contributed by atoms with Gasteiger partial charge in [-0.25, -0.2) is 0 Å². The Bertz CT molecular complexity index is 323. The van der Waals surface area contributed by atoms with Gasteiger partial charge in [0.25, 0.3) is 0 Å². The summed E-state index contributed by atoms with van der Waals surface area (Å²) >= 11 is 0. The summed E-state index contributed by atoms with van der Waals surface area (Å²) in [6.45, 7) is 5.10. The van der Waals surface area contributed by atoms with Crippen molar-refractivity contribution in [2.75, 3.05) is 0 Å². The number of carbonyl (C=O) groups excluding carboxylic acids is 1. The number of rotatable bonds is 3. The molecule has 0 bridgehead atoms. The Balaban J connectivity index is 0.00000196. The van der Waals surface area contributed by atoms with Gasteiger partial charge in [-0.05, 0) is 18.7 Å². The third-order valence-electron chi connectivity index (χ3n) is 2.54. The van der Waals surface area contributed by atoms with Crippen molar-refractivity contribution in [2.45, 2.75) is 33.2 Å². The maximum atomic E-state index is 11.3. The number of aliphatic hydroxyl groups is 1. The third kappa shape index (κ3) is 2.83. The van der Waals surface area contributed by atoms with Crippen LogP contribution in [0.5, 0.6) is 0 Å². The molecule has 0 amide bonds. The van der Waals surface area contributed by atoms with Crippen molar-refractivity contribution in [3.63, 3.8) is 0 Å². The van der Waals surface area contributed by atoms with Crippen LogP contribution < -0.4 is 34.7 Å². The number of aliphatic hydroxyl groups excluding tert-OH is 1. The van der Waals surface area contributed by atoms with Crippen molar-refractivity contribution < 1.29 is 44.6 Å². The van der Waals surface area contributed by atoms with E-state index in [4.69, 9.17) is 0 Å². The van der Waals surface area contributed by atoms with E-state index >= 15 is 0 Å². The zero-order valence-corrected chi connectivity index (χ0v) is 11.6. The van der Waals surface area contributed by atoms with Gasteiger partial charge in [0.2, 0.25) is 0 Å². The zero-order valence-electron chi connectivity index (χ0n) is 9.57. The van der Waals surface area contributed by atoms with Crippen molar-refractivity contribution in [1.29, 1.82) is 0 Å². The molecule has 1 rings (SSSR count). The van der Waals surface area contributed by atoms with Gasteiger partial charge in [-0.15, -0.1) is 0 Å². The first kappa shape index (κ1) is 14.7. The fraction of sp³-hybridized carbons (Fsp3) is 0.600. The van der Waals surface area contributed by atoms with E-state index in [9.17, 15) is 15.0 Å². The summed E-state index contributed by atoms with van der Waals surface area (Å²) in [5.41, 5.74) is -0.143. The number of ketones is 1. The van der Waals surface area contributed by atoms with Crippen molar-refractivity contribution in [1.82, 2.24) is 0 Å². The molecule has 1 aliphatic rings. The Labute approximate surface area is 111 Å². The monoisotopic (exact) mass is 219 g/mol. The van der Waals surface area contributed by atoms with E-state index in [2.05, 4.69) is 4.99 Å². The van der Waals surface area contributed by atoms with Crippen LogP contribution in [-0.2, 0) is 4.79 Å². The smallest absolute Gasteiger partial charge is 0.858 e. The van der Waals surface area contributed by atoms with Crippen LogP contribution in [0.4, 0.5) is 0 Å². The van der Waals surface area contributed by atoms with Gasteiger partial charge in [-0.3, -0.25) is 9.79 Å². The van der Waals surface area contributed by atoms with E-state index in [0.717, 1.165) is 6.42 Å². The summed E-state index contributed by atoms with van der Waals surface area (Å²) in [5.74, 6) is -1.07. The van der Waals surface area contributed by atoms with Crippen LogP contribution in [-0.4, -0.2) is 22.8 Å². The number of hydrogen-bond donors (Lipinski definition) is 1. The molecule has 1 unspecified atom stereocenters. The molecule has 0 saturated heterocycles. The zero-order chi connectivity index (χ0) is 10.9. The molecule has 5 heteroatoms. The van der Waals surface area contributed by atoms with Crippen LogP contribution in [0.15, 0.2) is 16.3 Å². The van der Waals surface area contributed by atoms with Crippen LogP contribution in [0.25, 0.3) is 0 Å². The molecule has 1 aliphatic heterocycles. The standard InChI is InChI=1S/C10H15NO3.Na/c1-4-5(2)8-9(13)7(6(3)12)10(14)11-8;/h5,8,13H,4H2,1-3H3,(H,11,14);/q;+1/p-1/t5-,8?;/m0./s1. The average Bonchev–Trinajstić information content (AvgIpc) is 2.40. The average molecular weight is 219 g/mol. The maximum absolute atomic E-state index is 11.3. The molecule has 0 saturated carbocycles. The first-order valence-corrected chi connectivity index (χ1v) is 4.68. The topological polar surface area (TPSA) is 72.7 Å². The third-order valence-corrected chi connectivity index (χ3v) is 2.54. The molecule has 1 heterocycles. The number of Topliss-reactive ketones (excluding diaryl/α,β-unsaturated/α-hetero) is 1. The molecular formula is C10H14NNaO3. The molecule has 0 aromatic rings. The van der Waals surface area contributed by atoms with Crippen LogP contribution in [0.1, 0.15) is 27.2 Å². The van der Waals surface area contributed by atoms with Gasteiger partial charge < -0.3 is 10.2 Å². The molecule has 4 nitrogen and oxygen atoms in total. The summed E-state index contributed by atoms with van der Waals surface area (Å²) < 4.78 is 0. The van der Waals surface area contributed by atoms with Crippen LogP contribution >= 0.6 is 0 Å². The van der Waals surface area contributed by atoms with Gasteiger partial charge in [0.05, 0.1) is 5.57 Å². The van der Waals surface area contributed by atoms with Gasteiger partial charge in [0.1, 0.15) is 11.8 Å². The summed E-state index contributed by atoms with van der Waals surface area (Å²) in [6.07, 6.45) is 0.802. The summed E-state index contributed by atoms with van der Waals surface area (Å²) in [7, 11) is 0. The predicted octanol–water partition coefficient (Wildman–Crippen LogP) is -2.42. The minimum Gasteiger partial charge on any atom is -0.858 e. The van der Waals surface area contributed by atoms with Gasteiger partial charge in [0.15, 0.2) is 5.78 Å². The summed E-state index contributed by atoms with van der Waals surface area (Å²) in [5, 5.41) is 20.9. The van der Waals surface area contributed by atoms with E-state index in [1.54, 1.807) is 0 Å². The minimum atomic E-state index is -0.583. The van der Waals surface area contributed by atoms with Gasteiger partial charge in [0, 0.05) is 0 Å². The fourth-order valence-electron chi connectivity index (χ4n) is 1.46. The fourth-order valence-corrected chi connectivity index (χ4v) is 1.46. The van der Waals surface area contributed by atoms with Crippen molar-refractivity contribution in [2.24, 2.45) is 10.9 Å². The molecule has 15 heavy (non-hydrogen) atoms. The second kappa shape index (κ2) is 5.68. The number of carbonyl (C=O) groups is 1. The molecule has 0 aromatic carbocycles. The molecule has 0 radical (unpaired) electrons. The molecule has 0 fully saturated rings. The Hall–Kier alpha value is -0.320. The molecule has 0 aromatic heterocycles. The number of aliphatic imine (C=N–C) groups is 1. The Morgan fingerprint density at radius 2 is 2.20 bits per heavy atom. The summed E-state index contributed by atoms with van der Waals surface area (Å²) in [4.78, 5) is 14.8. The predicted molar refractivity (Wildman–Crippen MR) is 51.0 cm³/mol. The SMILES string of the molecule is CC[C@H](C)C1N=C([O-])C(C(C)=O)=C1O.[Na+]. The van der Waals surface area contributed by atoms with Crippen LogP contribution in [0.3, 0.4) is 0 Å². The largest absolute Gasteiger partial charge is 1.00 e. The Kier molecular flexibility index (Phi) is 5.56. The van der Waals surface area contributed by atoms with Crippen molar-refractivity contribution >= 4 is 11.7 Å². The quantitative estimate of drug-likeness (QED) is 0.537. The maximum Gasteiger partial charge on any atom is 1.00 e. The van der Waals surface area contributed by atoms with Crippen molar-refractivity contribution in [3.8, 4) is 0 Å². The second-order valence-corrected chi connectivity index (χ2v) is 3.58. The van der Waals surface area contributed by atoms with Crippen molar-refractivity contribution in [3.05, 3.63) is 11.3 Å². The molecule has 78 valence electrons. The first-order valence-electron chi connectivity index (χ1n) is 4.68. The van der Waals surface area contributed by atoms with Gasteiger partial charge >= 0.3 is 29.6 Å². The Morgan fingerprint density at radius 1 is 1.67 bits per heavy atom. The molecule has 1 N–H and O–H groups in total. The number of hydrogen-bond acceptors (Lipinski definition) is 4. The van der Waals surface area contributed by atoms with E-state index < -0.39 is 17.7 Å². The number of nitrogens with zero attached hydrogens (tertiary/aromatic N) is 1. The van der Waals surface area contributed by atoms with E-state index in [1.165, 1.54) is 6.92 Å². The molecule has 2 atom stereocenters. The van der Waals surface area contributed by atoms with E-state index in [-0.39, 0.29) is 46.8 Å². The van der Waals surface area contributed by atoms with Crippen LogP contribution in [0, 0.1) is 5.92 Å². The molecule has 0 aliphatic carbocycles. The van der Waals surface area contributed by atoms with E-state index in [1.807, 2.05) is 13.8 Å². The second-order valence-electron chi connectivity index (χ2n) is 3.58. The first-order chi connectivity index (χ1) is 6.49. The van der Waals surface area contributed by atoms with Crippen LogP contribution in [0.2, 0.25) is 0 Å².